The van der Waals surface area contributed by atoms with Gasteiger partial charge in [0.2, 0.25) is 0 Å². The lowest BCUT2D eigenvalue weighted by molar-refractivity contribution is 0.213. The molecule has 1 fully saturated rings. The number of hydrogen-bond donors (Lipinski definition) is 1. The average Bonchev–Trinajstić information content (AvgIpc) is 2.87. The third-order valence-corrected chi connectivity index (χ3v) is 4.75. The largest absolute Gasteiger partial charge is 0.303 e. The van der Waals surface area contributed by atoms with E-state index in [-0.39, 0.29) is 5.54 Å². The molecule has 2 rings (SSSR count). The molecule has 0 atom stereocenters. The molecule has 0 radical (unpaired) electrons. The number of aryl methyl sites for hydroxylation is 1. The smallest absolute Gasteiger partial charge is 0.140 e. The zero-order chi connectivity index (χ0) is 13.7. The van der Waals surface area contributed by atoms with Crippen molar-refractivity contribution >= 4 is 11.6 Å². The standard InChI is InChI=1S/C14H25ClN4/c1-3-8-19-13(16-11-18-19)9-17-14(10-15)6-4-12(2)5-7-14/h11-12,17H,3-10H2,1-2H3. The number of nitrogens with one attached hydrogen (secondary N) is 1. The van der Waals surface area contributed by atoms with E-state index in [4.69, 9.17) is 11.6 Å². The minimum atomic E-state index is 0.0943. The fourth-order valence-corrected chi connectivity index (χ4v) is 3.12. The number of aromatic nitrogens is 3. The molecule has 0 spiro atoms. The van der Waals surface area contributed by atoms with E-state index in [1.165, 1.54) is 25.7 Å². The van der Waals surface area contributed by atoms with Crippen molar-refractivity contribution in [3.05, 3.63) is 12.2 Å². The summed E-state index contributed by atoms with van der Waals surface area (Å²) in [4.78, 5) is 4.35. The molecule has 19 heavy (non-hydrogen) atoms. The number of halogens is 1. The summed E-state index contributed by atoms with van der Waals surface area (Å²) < 4.78 is 1.99. The summed E-state index contributed by atoms with van der Waals surface area (Å²) in [6.45, 7) is 6.18. The van der Waals surface area contributed by atoms with Crippen molar-refractivity contribution in [1.29, 1.82) is 0 Å². The quantitative estimate of drug-likeness (QED) is 0.817. The lowest BCUT2D eigenvalue weighted by Crippen LogP contribution is -2.49. The normalized spacial score (nSPS) is 27.6. The monoisotopic (exact) mass is 284 g/mol. The highest BCUT2D eigenvalue weighted by Crippen LogP contribution is 2.32. The summed E-state index contributed by atoms with van der Waals surface area (Å²) in [6, 6.07) is 0. The second-order valence-corrected chi connectivity index (χ2v) is 6.12. The van der Waals surface area contributed by atoms with Crippen LogP contribution in [0.25, 0.3) is 0 Å². The molecule has 108 valence electrons. The zero-order valence-corrected chi connectivity index (χ0v) is 12.8. The molecule has 4 nitrogen and oxygen atoms in total. The molecular formula is C14H25ClN4. The molecule has 0 aromatic carbocycles. The van der Waals surface area contributed by atoms with Crippen LogP contribution in [0.1, 0.15) is 51.8 Å². The van der Waals surface area contributed by atoms with E-state index in [0.29, 0.717) is 5.88 Å². The van der Waals surface area contributed by atoms with Crippen LogP contribution in [0.4, 0.5) is 0 Å². The number of alkyl halides is 1. The second-order valence-electron chi connectivity index (χ2n) is 5.85. The first-order chi connectivity index (χ1) is 9.19. The maximum atomic E-state index is 6.22. The van der Waals surface area contributed by atoms with Crippen molar-refractivity contribution in [2.75, 3.05) is 5.88 Å². The molecular weight excluding hydrogens is 260 g/mol. The SMILES string of the molecule is CCCn1ncnc1CNC1(CCl)CCC(C)CC1. The Kier molecular flexibility index (Phi) is 5.22. The van der Waals surface area contributed by atoms with Crippen molar-refractivity contribution < 1.29 is 0 Å². The third kappa shape index (κ3) is 3.69. The first-order valence-electron chi connectivity index (χ1n) is 7.37. The number of rotatable bonds is 6. The molecule has 1 aliphatic rings. The Morgan fingerprint density at radius 2 is 2.21 bits per heavy atom. The van der Waals surface area contributed by atoms with Gasteiger partial charge in [0, 0.05) is 18.0 Å². The van der Waals surface area contributed by atoms with Crippen LogP contribution >= 0.6 is 11.6 Å². The molecule has 5 heteroatoms. The maximum Gasteiger partial charge on any atom is 0.140 e. The van der Waals surface area contributed by atoms with Gasteiger partial charge in [-0.1, -0.05) is 13.8 Å². The van der Waals surface area contributed by atoms with Gasteiger partial charge in [-0.05, 0) is 38.0 Å². The number of hydrogen-bond acceptors (Lipinski definition) is 3. The minimum absolute atomic E-state index is 0.0943. The molecule has 1 heterocycles. The Morgan fingerprint density at radius 3 is 2.84 bits per heavy atom. The van der Waals surface area contributed by atoms with Crippen LogP contribution in [0.15, 0.2) is 6.33 Å². The van der Waals surface area contributed by atoms with Crippen molar-refractivity contribution in [1.82, 2.24) is 20.1 Å². The van der Waals surface area contributed by atoms with Gasteiger partial charge in [-0.2, -0.15) is 5.10 Å². The van der Waals surface area contributed by atoms with Gasteiger partial charge in [0.25, 0.3) is 0 Å². The van der Waals surface area contributed by atoms with Gasteiger partial charge in [-0.25, -0.2) is 9.67 Å². The summed E-state index contributed by atoms with van der Waals surface area (Å²) in [5.41, 5.74) is 0.0943. The van der Waals surface area contributed by atoms with Gasteiger partial charge in [0.15, 0.2) is 0 Å². The second kappa shape index (κ2) is 6.71. The Hall–Kier alpha value is -0.610. The topological polar surface area (TPSA) is 42.7 Å². The highest BCUT2D eigenvalue weighted by molar-refractivity contribution is 6.18. The summed E-state index contributed by atoms with van der Waals surface area (Å²) in [6.07, 6.45) is 7.58. The predicted octanol–water partition coefficient (Wildman–Crippen LogP) is 2.97. The number of nitrogens with zero attached hydrogens (tertiary/aromatic N) is 3. The van der Waals surface area contributed by atoms with Crippen LogP contribution in [0.5, 0.6) is 0 Å². The van der Waals surface area contributed by atoms with Crippen molar-refractivity contribution in [3.63, 3.8) is 0 Å². The van der Waals surface area contributed by atoms with Crippen LogP contribution in [-0.4, -0.2) is 26.2 Å². The molecule has 1 N–H and O–H groups in total. The van der Waals surface area contributed by atoms with Crippen molar-refractivity contribution in [2.24, 2.45) is 5.92 Å². The molecule has 0 saturated heterocycles. The fourth-order valence-electron chi connectivity index (χ4n) is 2.76. The van der Waals surface area contributed by atoms with Crippen LogP contribution in [0, 0.1) is 5.92 Å². The van der Waals surface area contributed by atoms with Gasteiger partial charge in [-0.3, -0.25) is 0 Å². The van der Waals surface area contributed by atoms with E-state index < -0.39 is 0 Å². The van der Waals surface area contributed by atoms with Crippen LogP contribution in [-0.2, 0) is 13.1 Å². The van der Waals surface area contributed by atoms with Crippen LogP contribution in [0.3, 0.4) is 0 Å². The Balaban J connectivity index is 1.94. The maximum absolute atomic E-state index is 6.22. The van der Waals surface area contributed by atoms with E-state index in [1.54, 1.807) is 6.33 Å². The zero-order valence-electron chi connectivity index (χ0n) is 12.0. The van der Waals surface area contributed by atoms with Crippen LogP contribution < -0.4 is 5.32 Å². The third-order valence-electron chi connectivity index (χ3n) is 4.24. The molecule has 1 aromatic heterocycles. The molecule has 0 amide bonds. The molecule has 0 unspecified atom stereocenters. The summed E-state index contributed by atoms with van der Waals surface area (Å²) in [7, 11) is 0. The van der Waals surface area contributed by atoms with E-state index in [9.17, 15) is 0 Å². The lowest BCUT2D eigenvalue weighted by atomic mass is 9.78. The first kappa shape index (κ1) is 14.8. The van der Waals surface area contributed by atoms with Gasteiger partial charge in [-0.15, -0.1) is 11.6 Å². The van der Waals surface area contributed by atoms with Gasteiger partial charge >= 0.3 is 0 Å². The molecule has 1 saturated carbocycles. The molecule has 0 aliphatic heterocycles. The predicted molar refractivity (Wildman–Crippen MR) is 78.2 cm³/mol. The Bertz CT molecular complexity index is 383. The van der Waals surface area contributed by atoms with Gasteiger partial charge in [0.05, 0.1) is 6.54 Å². The fraction of sp³-hybridized carbons (Fsp3) is 0.857. The first-order valence-corrected chi connectivity index (χ1v) is 7.90. The molecule has 1 aromatic rings. The average molecular weight is 285 g/mol. The van der Waals surface area contributed by atoms with Crippen molar-refractivity contribution in [3.8, 4) is 0 Å². The van der Waals surface area contributed by atoms with Crippen LogP contribution in [0.2, 0.25) is 0 Å². The van der Waals surface area contributed by atoms with Gasteiger partial charge < -0.3 is 5.32 Å². The minimum Gasteiger partial charge on any atom is -0.303 e. The van der Waals surface area contributed by atoms with Crippen molar-refractivity contribution in [2.45, 2.75) is 64.6 Å². The van der Waals surface area contributed by atoms with E-state index >= 15 is 0 Å². The Morgan fingerprint density at radius 1 is 1.47 bits per heavy atom. The van der Waals surface area contributed by atoms with E-state index in [1.807, 2.05) is 4.68 Å². The van der Waals surface area contributed by atoms with E-state index in [0.717, 1.165) is 31.3 Å². The molecule has 0 bridgehead atoms. The van der Waals surface area contributed by atoms with E-state index in [2.05, 4.69) is 29.2 Å². The summed E-state index contributed by atoms with van der Waals surface area (Å²) in [5.74, 6) is 2.54. The highest BCUT2D eigenvalue weighted by atomic mass is 35.5. The molecule has 1 aliphatic carbocycles. The summed E-state index contributed by atoms with van der Waals surface area (Å²) >= 11 is 6.22. The lowest BCUT2D eigenvalue weighted by Gasteiger charge is -2.38. The summed E-state index contributed by atoms with van der Waals surface area (Å²) in [5, 5.41) is 7.91. The van der Waals surface area contributed by atoms with Gasteiger partial charge in [0.1, 0.15) is 12.2 Å². The highest BCUT2D eigenvalue weighted by Gasteiger charge is 2.33. The Labute approximate surface area is 120 Å².